The molecule has 0 aliphatic carbocycles. The molecule has 0 bridgehead atoms. The average Bonchev–Trinajstić information content (AvgIpc) is 2.46. The molecule has 2 aromatic carbocycles. The van der Waals surface area contributed by atoms with Crippen LogP contribution >= 0.6 is 0 Å². The maximum absolute atomic E-state index is 12.1. The monoisotopic (exact) mass is 255 g/mol. The Labute approximate surface area is 112 Å². The van der Waals surface area contributed by atoms with Crippen molar-refractivity contribution >= 4 is 5.91 Å². The lowest BCUT2D eigenvalue weighted by molar-refractivity contribution is 0.0950. The number of aromatic hydroxyl groups is 1. The first-order valence-electron chi connectivity index (χ1n) is 6.35. The van der Waals surface area contributed by atoms with E-state index >= 15 is 0 Å². The predicted molar refractivity (Wildman–Crippen MR) is 75.1 cm³/mol. The molecule has 0 aliphatic rings. The SMILES string of the molecule is CCc1ccccc1C(=O)NCc1ccccc1O. The Morgan fingerprint density at radius 1 is 1.05 bits per heavy atom. The largest absolute Gasteiger partial charge is 0.508 e. The maximum Gasteiger partial charge on any atom is 0.251 e. The van der Waals surface area contributed by atoms with E-state index in [4.69, 9.17) is 0 Å². The van der Waals surface area contributed by atoms with Gasteiger partial charge in [0.2, 0.25) is 0 Å². The summed E-state index contributed by atoms with van der Waals surface area (Å²) in [5.74, 6) is 0.0901. The van der Waals surface area contributed by atoms with E-state index in [1.54, 1.807) is 18.2 Å². The van der Waals surface area contributed by atoms with Crippen molar-refractivity contribution in [2.75, 3.05) is 0 Å². The van der Waals surface area contributed by atoms with Crippen LogP contribution in [0.5, 0.6) is 5.75 Å². The minimum Gasteiger partial charge on any atom is -0.508 e. The number of carbonyl (C=O) groups excluding carboxylic acids is 1. The molecule has 3 nitrogen and oxygen atoms in total. The summed E-state index contributed by atoms with van der Waals surface area (Å²) in [6.45, 7) is 2.35. The Kier molecular flexibility index (Phi) is 4.18. The third-order valence-corrected chi connectivity index (χ3v) is 3.07. The molecule has 2 N–H and O–H groups in total. The van der Waals surface area contributed by atoms with Gasteiger partial charge in [0.15, 0.2) is 0 Å². The molecule has 2 aromatic rings. The highest BCUT2D eigenvalue weighted by Gasteiger charge is 2.09. The van der Waals surface area contributed by atoms with Gasteiger partial charge in [-0.3, -0.25) is 4.79 Å². The number of rotatable bonds is 4. The summed E-state index contributed by atoms with van der Waals surface area (Å²) in [5, 5.41) is 12.5. The van der Waals surface area contributed by atoms with Gasteiger partial charge in [0.05, 0.1) is 0 Å². The van der Waals surface area contributed by atoms with Crippen molar-refractivity contribution in [2.45, 2.75) is 19.9 Å². The van der Waals surface area contributed by atoms with E-state index in [1.807, 2.05) is 37.3 Å². The molecule has 0 fully saturated rings. The first kappa shape index (κ1) is 13.1. The number of para-hydroxylation sites is 1. The molecule has 0 aromatic heterocycles. The van der Waals surface area contributed by atoms with Crippen LogP contribution in [0.25, 0.3) is 0 Å². The molecule has 3 heteroatoms. The number of nitrogens with one attached hydrogen (secondary N) is 1. The maximum atomic E-state index is 12.1. The first-order chi connectivity index (χ1) is 9.22. The summed E-state index contributed by atoms with van der Waals surface area (Å²) in [5.41, 5.74) is 2.43. The molecule has 0 saturated heterocycles. The second-order valence-corrected chi connectivity index (χ2v) is 4.32. The quantitative estimate of drug-likeness (QED) is 0.882. The Bertz CT molecular complexity index is 578. The molecular formula is C16H17NO2. The van der Waals surface area contributed by atoms with Crippen molar-refractivity contribution in [2.24, 2.45) is 0 Å². The van der Waals surface area contributed by atoms with Gasteiger partial charge >= 0.3 is 0 Å². The topological polar surface area (TPSA) is 49.3 Å². The molecule has 1 amide bonds. The van der Waals surface area contributed by atoms with Crippen LogP contribution < -0.4 is 5.32 Å². The van der Waals surface area contributed by atoms with E-state index in [0.717, 1.165) is 12.0 Å². The molecule has 0 unspecified atom stereocenters. The molecule has 0 radical (unpaired) electrons. The van der Waals surface area contributed by atoms with Gasteiger partial charge in [0.25, 0.3) is 5.91 Å². The lowest BCUT2D eigenvalue weighted by Gasteiger charge is -2.09. The molecular weight excluding hydrogens is 238 g/mol. The van der Waals surface area contributed by atoms with Crippen molar-refractivity contribution in [3.05, 3.63) is 65.2 Å². The predicted octanol–water partition coefficient (Wildman–Crippen LogP) is 2.88. The van der Waals surface area contributed by atoms with Crippen LogP contribution in [0.3, 0.4) is 0 Å². The van der Waals surface area contributed by atoms with Crippen molar-refractivity contribution in [3.8, 4) is 5.75 Å². The number of hydrogen-bond acceptors (Lipinski definition) is 2. The number of phenols is 1. The average molecular weight is 255 g/mol. The van der Waals surface area contributed by atoms with Gasteiger partial charge in [-0.15, -0.1) is 0 Å². The third-order valence-electron chi connectivity index (χ3n) is 3.07. The van der Waals surface area contributed by atoms with Gasteiger partial charge in [-0.25, -0.2) is 0 Å². The van der Waals surface area contributed by atoms with Gasteiger partial charge < -0.3 is 10.4 Å². The Hall–Kier alpha value is -2.29. The van der Waals surface area contributed by atoms with Crippen LogP contribution in [0, 0.1) is 0 Å². The summed E-state index contributed by atoms with van der Waals surface area (Å²) in [6, 6.07) is 14.6. The fourth-order valence-corrected chi connectivity index (χ4v) is 1.98. The molecule has 2 rings (SSSR count). The van der Waals surface area contributed by atoms with E-state index in [2.05, 4.69) is 5.32 Å². The Balaban J connectivity index is 2.08. The molecule has 98 valence electrons. The number of aryl methyl sites for hydroxylation is 1. The first-order valence-corrected chi connectivity index (χ1v) is 6.35. The zero-order valence-electron chi connectivity index (χ0n) is 10.9. The summed E-state index contributed by atoms with van der Waals surface area (Å²) in [7, 11) is 0. The fourth-order valence-electron chi connectivity index (χ4n) is 1.98. The molecule has 0 saturated carbocycles. The number of amides is 1. The normalized spacial score (nSPS) is 10.2. The highest BCUT2D eigenvalue weighted by molar-refractivity contribution is 5.95. The van der Waals surface area contributed by atoms with Crippen LogP contribution in [-0.4, -0.2) is 11.0 Å². The van der Waals surface area contributed by atoms with Gasteiger partial charge in [-0.05, 0) is 24.1 Å². The summed E-state index contributed by atoms with van der Waals surface area (Å²) in [6.07, 6.45) is 0.820. The Morgan fingerprint density at radius 3 is 2.37 bits per heavy atom. The zero-order valence-corrected chi connectivity index (χ0v) is 10.9. The highest BCUT2D eigenvalue weighted by Crippen LogP contribution is 2.15. The van der Waals surface area contributed by atoms with Crippen LogP contribution in [0.15, 0.2) is 48.5 Å². The Morgan fingerprint density at radius 2 is 1.68 bits per heavy atom. The third kappa shape index (κ3) is 3.13. The lowest BCUT2D eigenvalue weighted by Crippen LogP contribution is -2.23. The second kappa shape index (κ2) is 6.05. The number of hydrogen-bond donors (Lipinski definition) is 2. The van der Waals surface area contributed by atoms with Crippen molar-refractivity contribution in [3.63, 3.8) is 0 Å². The van der Waals surface area contributed by atoms with E-state index < -0.39 is 0 Å². The minimum atomic E-state index is -0.110. The number of phenolic OH excluding ortho intramolecular Hbond substituents is 1. The van der Waals surface area contributed by atoms with Crippen molar-refractivity contribution < 1.29 is 9.90 Å². The highest BCUT2D eigenvalue weighted by atomic mass is 16.3. The van der Waals surface area contributed by atoms with E-state index in [-0.39, 0.29) is 11.7 Å². The summed E-state index contributed by atoms with van der Waals surface area (Å²) >= 11 is 0. The van der Waals surface area contributed by atoms with E-state index in [1.165, 1.54) is 0 Å². The molecule has 0 aliphatic heterocycles. The van der Waals surface area contributed by atoms with E-state index in [0.29, 0.717) is 17.7 Å². The van der Waals surface area contributed by atoms with Gasteiger partial charge in [-0.1, -0.05) is 43.3 Å². The minimum absolute atomic E-state index is 0.110. The van der Waals surface area contributed by atoms with Gasteiger partial charge in [-0.2, -0.15) is 0 Å². The molecule has 0 heterocycles. The smallest absolute Gasteiger partial charge is 0.251 e. The number of benzene rings is 2. The summed E-state index contributed by atoms with van der Waals surface area (Å²) in [4.78, 5) is 12.1. The second-order valence-electron chi connectivity index (χ2n) is 4.32. The van der Waals surface area contributed by atoms with E-state index in [9.17, 15) is 9.90 Å². The molecule has 0 spiro atoms. The van der Waals surface area contributed by atoms with Crippen LogP contribution in [0.2, 0.25) is 0 Å². The van der Waals surface area contributed by atoms with Crippen LogP contribution in [0.1, 0.15) is 28.4 Å². The van der Waals surface area contributed by atoms with Gasteiger partial charge in [0.1, 0.15) is 5.75 Å². The lowest BCUT2D eigenvalue weighted by atomic mass is 10.0. The van der Waals surface area contributed by atoms with Crippen LogP contribution in [-0.2, 0) is 13.0 Å². The fraction of sp³-hybridized carbons (Fsp3) is 0.188. The molecule has 0 atom stereocenters. The zero-order chi connectivity index (χ0) is 13.7. The number of carbonyl (C=O) groups is 1. The van der Waals surface area contributed by atoms with Crippen molar-refractivity contribution in [1.29, 1.82) is 0 Å². The summed E-state index contributed by atoms with van der Waals surface area (Å²) < 4.78 is 0. The molecule has 19 heavy (non-hydrogen) atoms. The standard InChI is InChI=1S/C16H17NO2/c1-2-12-7-3-5-9-14(12)16(19)17-11-13-8-4-6-10-15(13)18/h3-10,18H,2,11H2,1H3,(H,17,19). The van der Waals surface area contributed by atoms with Crippen molar-refractivity contribution in [1.82, 2.24) is 5.32 Å². The van der Waals surface area contributed by atoms with Gasteiger partial charge in [0, 0.05) is 17.7 Å². The van der Waals surface area contributed by atoms with Crippen LogP contribution in [0.4, 0.5) is 0 Å².